The average Bonchev–Trinajstić information content (AvgIpc) is 3.28. The molecule has 1 amide bonds. The summed E-state index contributed by atoms with van der Waals surface area (Å²) in [5, 5.41) is 19.3. The first-order chi connectivity index (χ1) is 16.3. The minimum atomic E-state index is -0.549. The molecule has 9 nitrogen and oxygen atoms in total. The van der Waals surface area contributed by atoms with Gasteiger partial charge in [-0.1, -0.05) is 12.1 Å². The number of nitrogens with one attached hydrogen (secondary N) is 2. The maximum absolute atomic E-state index is 12.2. The summed E-state index contributed by atoms with van der Waals surface area (Å²) < 4.78 is 7.83. The predicted molar refractivity (Wildman–Crippen MR) is 129 cm³/mol. The molecule has 4 rings (SSSR count). The van der Waals surface area contributed by atoms with Gasteiger partial charge >= 0.3 is 0 Å². The number of carbonyl (C=O) groups is 1. The van der Waals surface area contributed by atoms with Gasteiger partial charge in [0.1, 0.15) is 6.04 Å². The van der Waals surface area contributed by atoms with Gasteiger partial charge in [0.25, 0.3) is 5.91 Å². The third-order valence-corrected chi connectivity index (χ3v) is 5.84. The zero-order valence-electron chi connectivity index (χ0n) is 19.8. The summed E-state index contributed by atoms with van der Waals surface area (Å²) >= 11 is 0. The Hall–Kier alpha value is -3.77. The highest BCUT2D eigenvalue weighted by atomic mass is 16.5. The average molecular weight is 460 g/mol. The summed E-state index contributed by atoms with van der Waals surface area (Å²) in [6, 6.07) is 8.88. The van der Waals surface area contributed by atoms with Gasteiger partial charge in [0.2, 0.25) is 5.95 Å². The normalized spacial score (nSPS) is 20.9. The van der Waals surface area contributed by atoms with E-state index >= 15 is 0 Å². The van der Waals surface area contributed by atoms with Crippen LogP contribution in [0.5, 0.6) is 0 Å². The topological polar surface area (TPSA) is 118 Å². The van der Waals surface area contributed by atoms with E-state index < -0.39 is 6.04 Å². The number of aromatic nitrogens is 4. The van der Waals surface area contributed by atoms with Crippen LogP contribution in [0.15, 0.2) is 42.9 Å². The van der Waals surface area contributed by atoms with Crippen LogP contribution in [-0.2, 0) is 4.74 Å². The van der Waals surface area contributed by atoms with E-state index in [1.807, 2.05) is 36.0 Å². The van der Waals surface area contributed by atoms with Crippen molar-refractivity contribution < 1.29 is 9.53 Å². The zero-order chi connectivity index (χ0) is 24.2. The molecule has 1 fully saturated rings. The van der Waals surface area contributed by atoms with Crippen molar-refractivity contribution >= 4 is 17.5 Å². The molecule has 34 heavy (non-hydrogen) atoms. The Balaban J connectivity index is 1.48. The smallest absolute Gasteiger partial charge is 0.252 e. The maximum Gasteiger partial charge on any atom is 0.252 e. The Morgan fingerprint density at radius 1 is 1.21 bits per heavy atom. The molecule has 0 saturated carbocycles. The molecular weight excluding hydrogens is 430 g/mol. The third kappa shape index (κ3) is 5.41. The predicted octanol–water partition coefficient (Wildman–Crippen LogP) is 4.16. The van der Waals surface area contributed by atoms with Crippen LogP contribution in [0, 0.1) is 18.3 Å². The van der Waals surface area contributed by atoms with Gasteiger partial charge in [0, 0.05) is 23.5 Å². The Labute approximate surface area is 199 Å². The van der Waals surface area contributed by atoms with Gasteiger partial charge in [0.15, 0.2) is 0 Å². The molecule has 1 aromatic carbocycles. The lowest BCUT2D eigenvalue weighted by Gasteiger charge is -2.32. The highest BCUT2D eigenvalue weighted by molar-refractivity contribution is 5.95. The van der Waals surface area contributed by atoms with Crippen LogP contribution in [0.2, 0.25) is 0 Å². The molecule has 1 aliphatic rings. The zero-order valence-corrected chi connectivity index (χ0v) is 19.8. The third-order valence-electron chi connectivity index (χ3n) is 5.84. The van der Waals surface area contributed by atoms with Gasteiger partial charge in [0.05, 0.1) is 41.9 Å². The Bertz CT molecular complexity index is 1190. The number of benzene rings is 1. The molecule has 4 atom stereocenters. The van der Waals surface area contributed by atoms with Crippen molar-refractivity contribution in [1.29, 1.82) is 5.26 Å². The van der Waals surface area contributed by atoms with Crippen molar-refractivity contribution in [3.8, 4) is 17.3 Å². The van der Waals surface area contributed by atoms with E-state index in [9.17, 15) is 4.79 Å². The monoisotopic (exact) mass is 459 g/mol. The second-order valence-corrected chi connectivity index (χ2v) is 8.84. The second kappa shape index (κ2) is 10.0. The van der Waals surface area contributed by atoms with Crippen molar-refractivity contribution in [2.24, 2.45) is 0 Å². The Morgan fingerprint density at radius 2 is 1.91 bits per heavy atom. The largest absolute Gasteiger partial charge is 0.375 e. The molecule has 176 valence electrons. The molecule has 2 unspecified atom stereocenters. The molecule has 3 aromatic rings. The maximum atomic E-state index is 12.2. The number of amides is 1. The van der Waals surface area contributed by atoms with E-state index in [1.54, 1.807) is 31.5 Å². The number of rotatable bonds is 6. The van der Waals surface area contributed by atoms with Gasteiger partial charge in [-0.3, -0.25) is 9.48 Å². The standard InChI is InChI=1S/C25H29N7O2/c1-15-12-27-25(30-21-13-28-32(14-21)22-9-17(3)34-18(4)10-22)31-23(15)19-5-7-20(8-6-19)24(33)29-16(2)11-26/h5-8,12-14,16-18,22H,9-10H2,1-4H3,(H,29,33)(H,27,30,31)/t16?,17-,18+,22?. The van der Waals surface area contributed by atoms with E-state index in [-0.39, 0.29) is 18.1 Å². The van der Waals surface area contributed by atoms with E-state index in [1.165, 1.54) is 0 Å². The van der Waals surface area contributed by atoms with Gasteiger partial charge < -0.3 is 15.4 Å². The summed E-state index contributed by atoms with van der Waals surface area (Å²) in [6.45, 7) is 7.77. The number of aryl methyl sites for hydroxylation is 1. The minimum absolute atomic E-state index is 0.213. The van der Waals surface area contributed by atoms with E-state index in [0.717, 1.165) is 35.3 Å². The molecule has 2 N–H and O–H groups in total. The van der Waals surface area contributed by atoms with Crippen LogP contribution < -0.4 is 10.6 Å². The van der Waals surface area contributed by atoms with Gasteiger partial charge in [-0.25, -0.2) is 9.97 Å². The van der Waals surface area contributed by atoms with Crippen LogP contribution in [0.25, 0.3) is 11.3 Å². The summed E-state index contributed by atoms with van der Waals surface area (Å²) in [7, 11) is 0. The first kappa shape index (κ1) is 23.4. The van der Waals surface area contributed by atoms with E-state index in [2.05, 4.69) is 34.6 Å². The van der Waals surface area contributed by atoms with Crippen LogP contribution in [0.3, 0.4) is 0 Å². The number of anilines is 2. The molecular formula is C25H29N7O2. The Morgan fingerprint density at radius 3 is 2.59 bits per heavy atom. The fourth-order valence-electron chi connectivity index (χ4n) is 4.20. The molecule has 1 saturated heterocycles. The van der Waals surface area contributed by atoms with Crippen molar-refractivity contribution in [3.63, 3.8) is 0 Å². The first-order valence-electron chi connectivity index (χ1n) is 11.4. The van der Waals surface area contributed by atoms with Crippen molar-refractivity contribution in [2.75, 3.05) is 5.32 Å². The highest BCUT2D eigenvalue weighted by Gasteiger charge is 2.26. The highest BCUT2D eigenvalue weighted by Crippen LogP contribution is 2.29. The number of hydrogen-bond acceptors (Lipinski definition) is 7. The van der Waals surface area contributed by atoms with Gasteiger partial charge in [-0.15, -0.1) is 0 Å². The number of hydrogen-bond donors (Lipinski definition) is 2. The summed E-state index contributed by atoms with van der Waals surface area (Å²) in [5.74, 6) is 0.186. The van der Waals surface area contributed by atoms with Crippen LogP contribution in [-0.4, -0.2) is 43.9 Å². The molecule has 2 aromatic heterocycles. The summed E-state index contributed by atoms with van der Waals surface area (Å²) in [5.41, 5.74) is 3.87. The number of nitriles is 1. The van der Waals surface area contributed by atoms with E-state index in [0.29, 0.717) is 17.6 Å². The lowest BCUT2D eigenvalue weighted by molar-refractivity contribution is -0.0506. The van der Waals surface area contributed by atoms with Crippen LogP contribution in [0.1, 0.15) is 55.6 Å². The number of ether oxygens (including phenoxy) is 1. The van der Waals surface area contributed by atoms with Crippen LogP contribution in [0.4, 0.5) is 11.6 Å². The summed E-state index contributed by atoms with van der Waals surface area (Å²) in [4.78, 5) is 21.3. The first-order valence-corrected chi connectivity index (χ1v) is 11.4. The molecule has 9 heteroatoms. The number of nitrogens with zero attached hydrogens (tertiary/aromatic N) is 5. The fraction of sp³-hybridized carbons (Fsp3) is 0.400. The fourth-order valence-corrected chi connectivity index (χ4v) is 4.20. The molecule has 1 aliphatic heterocycles. The number of carbonyl (C=O) groups excluding carboxylic acids is 1. The second-order valence-electron chi connectivity index (χ2n) is 8.84. The van der Waals surface area contributed by atoms with E-state index in [4.69, 9.17) is 15.0 Å². The lowest BCUT2D eigenvalue weighted by Crippen LogP contribution is -2.31. The summed E-state index contributed by atoms with van der Waals surface area (Å²) in [6.07, 6.45) is 7.82. The minimum Gasteiger partial charge on any atom is -0.375 e. The quantitative estimate of drug-likeness (QED) is 0.568. The van der Waals surface area contributed by atoms with Gasteiger partial charge in [-0.2, -0.15) is 10.4 Å². The molecule has 0 aliphatic carbocycles. The molecule has 0 bridgehead atoms. The molecule has 0 spiro atoms. The van der Waals surface area contributed by atoms with Crippen molar-refractivity contribution in [3.05, 3.63) is 54.0 Å². The molecule has 0 radical (unpaired) electrons. The van der Waals surface area contributed by atoms with Crippen molar-refractivity contribution in [2.45, 2.75) is 64.8 Å². The Kier molecular flexibility index (Phi) is 6.89. The van der Waals surface area contributed by atoms with Gasteiger partial charge in [-0.05, 0) is 58.2 Å². The SMILES string of the molecule is Cc1cnc(Nc2cnn(C3C[C@@H](C)O[C@@H](C)C3)c2)nc1-c1ccc(C(=O)NC(C)C#N)cc1. The van der Waals surface area contributed by atoms with Crippen molar-refractivity contribution in [1.82, 2.24) is 25.1 Å². The van der Waals surface area contributed by atoms with Crippen LogP contribution >= 0.6 is 0 Å². The molecule has 3 heterocycles. The lowest BCUT2D eigenvalue weighted by atomic mass is 10.0.